The van der Waals surface area contributed by atoms with E-state index in [1.54, 1.807) is 32.4 Å². The predicted molar refractivity (Wildman–Crippen MR) is 103 cm³/mol. The molecule has 0 aliphatic heterocycles. The van der Waals surface area contributed by atoms with Gasteiger partial charge in [0.25, 0.3) is 0 Å². The molecule has 0 heterocycles. The molecule has 0 saturated heterocycles. The Balaban J connectivity index is 0.000000696. The summed E-state index contributed by atoms with van der Waals surface area (Å²) in [5.74, 6) is 0.406. The topological polar surface area (TPSA) is 155 Å². The number of rotatable bonds is 6. The van der Waals surface area contributed by atoms with Crippen molar-refractivity contribution in [1.29, 1.82) is 0 Å². The van der Waals surface area contributed by atoms with Crippen LogP contribution in [0, 0.1) is 0 Å². The van der Waals surface area contributed by atoms with Gasteiger partial charge in [-0.15, -0.1) is 0 Å². The Morgan fingerprint density at radius 1 is 1.04 bits per heavy atom. The van der Waals surface area contributed by atoms with Crippen molar-refractivity contribution >= 4 is 27.8 Å². The van der Waals surface area contributed by atoms with Gasteiger partial charge in [-0.3, -0.25) is 14.5 Å². The maximum atomic E-state index is 10.8. The van der Waals surface area contributed by atoms with Crippen molar-refractivity contribution in [3.8, 4) is 11.5 Å². The van der Waals surface area contributed by atoms with Crippen LogP contribution in [0.15, 0.2) is 47.6 Å². The first-order valence-corrected chi connectivity index (χ1v) is 9.00. The van der Waals surface area contributed by atoms with Gasteiger partial charge < -0.3 is 14.6 Å². The standard InChI is InChI=1S/C17H18N2O4.H2O4S/c1-11(15-9-8-14(22-2)10-16(15)23-3)18-19-13-6-4-12(5-7-13)17(20)21;1-5(2,3)4/h4-10,19H,1-3H3,(H,20,21);(H2,1,2,3,4). The van der Waals surface area contributed by atoms with Crippen LogP contribution < -0.4 is 14.9 Å². The minimum atomic E-state index is -4.67. The highest BCUT2D eigenvalue weighted by Crippen LogP contribution is 2.25. The van der Waals surface area contributed by atoms with Gasteiger partial charge in [0.2, 0.25) is 0 Å². The molecule has 0 amide bonds. The Morgan fingerprint density at radius 3 is 2.07 bits per heavy atom. The molecular weight excluding hydrogens is 392 g/mol. The Hall–Kier alpha value is -3.15. The maximum absolute atomic E-state index is 10.8. The van der Waals surface area contributed by atoms with Crippen LogP contribution in [-0.4, -0.2) is 48.5 Å². The third kappa shape index (κ3) is 8.03. The average molecular weight is 412 g/mol. The molecule has 152 valence electrons. The van der Waals surface area contributed by atoms with Crippen LogP contribution >= 0.6 is 0 Å². The van der Waals surface area contributed by atoms with Crippen LogP contribution in [0.2, 0.25) is 0 Å². The smallest absolute Gasteiger partial charge is 0.394 e. The number of carboxylic acid groups (broad SMARTS) is 1. The summed E-state index contributed by atoms with van der Waals surface area (Å²) in [6.45, 7) is 1.85. The molecule has 0 fully saturated rings. The summed E-state index contributed by atoms with van der Waals surface area (Å²) in [5, 5.41) is 13.2. The van der Waals surface area contributed by atoms with E-state index in [1.165, 1.54) is 12.1 Å². The number of benzene rings is 2. The summed E-state index contributed by atoms with van der Waals surface area (Å²) in [7, 11) is -1.48. The molecule has 4 N–H and O–H groups in total. The molecule has 2 rings (SSSR count). The number of carboxylic acids is 1. The molecule has 0 aliphatic carbocycles. The van der Waals surface area contributed by atoms with E-state index in [1.807, 2.05) is 19.1 Å². The van der Waals surface area contributed by atoms with E-state index in [2.05, 4.69) is 10.5 Å². The second-order valence-electron chi connectivity index (χ2n) is 5.21. The normalized spacial score (nSPS) is 11.1. The van der Waals surface area contributed by atoms with Gasteiger partial charge in [0.1, 0.15) is 11.5 Å². The maximum Gasteiger partial charge on any atom is 0.394 e. The van der Waals surface area contributed by atoms with Gasteiger partial charge in [0, 0.05) is 11.6 Å². The van der Waals surface area contributed by atoms with Crippen molar-refractivity contribution in [2.75, 3.05) is 19.6 Å². The van der Waals surface area contributed by atoms with Crippen molar-refractivity contribution in [3.05, 3.63) is 53.6 Å². The van der Waals surface area contributed by atoms with Crippen LogP contribution in [0.4, 0.5) is 5.69 Å². The van der Waals surface area contributed by atoms with Gasteiger partial charge in [-0.2, -0.15) is 13.5 Å². The zero-order valence-electron chi connectivity index (χ0n) is 15.3. The number of carbonyl (C=O) groups is 1. The summed E-state index contributed by atoms with van der Waals surface area (Å²) in [6, 6.07) is 11.8. The van der Waals surface area contributed by atoms with Crippen molar-refractivity contribution in [3.63, 3.8) is 0 Å². The van der Waals surface area contributed by atoms with E-state index in [9.17, 15) is 4.79 Å². The van der Waals surface area contributed by atoms with Crippen LogP contribution in [0.25, 0.3) is 0 Å². The molecular formula is C17H20N2O8S. The molecule has 0 unspecified atom stereocenters. The van der Waals surface area contributed by atoms with Crippen molar-refractivity contribution in [2.45, 2.75) is 6.92 Å². The number of hydrogen-bond donors (Lipinski definition) is 4. The lowest BCUT2D eigenvalue weighted by molar-refractivity contribution is 0.0697. The Morgan fingerprint density at radius 2 is 1.61 bits per heavy atom. The third-order valence-electron chi connectivity index (χ3n) is 3.28. The molecule has 0 aliphatic rings. The van der Waals surface area contributed by atoms with Gasteiger partial charge >= 0.3 is 16.4 Å². The fourth-order valence-electron chi connectivity index (χ4n) is 1.99. The molecule has 0 aromatic heterocycles. The number of hydrogen-bond acceptors (Lipinski definition) is 7. The minimum absolute atomic E-state index is 0.230. The molecule has 0 bridgehead atoms. The van der Waals surface area contributed by atoms with Gasteiger partial charge in [0.05, 0.1) is 31.2 Å². The summed E-state index contributed by atoms with van der Waals surface area (Å²) in [5.41, 5.74) is 5.39. The molecule has 0 atom stereocenters. The van der Waals surface area contributed by atoms with Crippen LogP contribution in [0.1, 0.15) is 22.8 Å². The molecule has 11 heteroatoms. The molecule has 28 heavy (non-hydrogen) atoms. The van der Waals surface area contributed by atoms with E-state index in [4.69, 9.17) is 32.1 Å². The Kier molecular flexibility index (Phi) is 8.38. The SMILES string of the molecule is COc1ccc(C(C)=NNc2ccc(C(=O)O)cc2)c(OC)c1.O=S(=O)(O)O. The number of anilines is 1. The van der Waals surface area contributed by atoms with Crippen LogP contribution in [0.5, 0.6) is 11.5 Å². The van der Waals surface area contributed by atoms with E-state index in [0.717, 1.165) is 11.3 Å². The second kappa shape index (κ2) is 10.3. The summed E-state index contributed by atoms with van der Waals surface area (Å²) < 4.78 is 42.1. The first kappa shape index (κ1) is 22.9. The fraction of sp³-hybridized carbons (Fsp3) is 0.176. The highest BCUT2D eigenvalue weighted by molar-refractivity contribution is 7.79. The lowest BCUT2D eigenvalue weighted by Crippen LogP contribution is -2.03. The van der Waals surface area contributed by atoms with E-state index < -0.39 is 16.4 Å². The number of ether oxygens (including phenoxy) is 2. The van der Waals surface area contributed by atoms with E-state index in [-0.39, 0.29) is 5.56 Å². The van der Waals surface area contributed by atoms with Gasteiger partial charge in [-0.1, -0.05) is 0 Å². The van der Waals surface area contributed by atoms with Gasteiger partial charge in [-0.25, -0.2) is 4.79 Å². The molecule has 0 saturated carbocycles. The lowest BCUT2D eigenvalue weighted by Gasteiger charge is -2.10. The molecule has 0 spiro atoms. The summed E-state index contributed by atoms with van der Waals surface area (Å²) in [4.78, 5) is 10.8. The molecule has 2 aromatic carbocycles. The highest BCUT2D eigenvalue weighted by atomic mass is 32.3. The first-order chi connectivity index (χ1) is 13.0. The number of nitrogens with one attached hydrogen (secondary N) is 1. The zero-order valence-corrected chi connectivity index (χ0v) is 16.1. The first-order valence-electron chi connectivity index (χ1n) is 7.61. The van der Waals surface area contributed by atoms with Gasteiger partial charge in [0.15, 0.2) is 0 Å². The van der Waals surface area contributed by atoms with Crippen molar-refractivity contribution < 1.29 is 36.9 Å². The van der Waals surface area contributed by atoms with Crippen LogP contribution in [0.3, 0.4) is 0 Å². The van der Waals surface area contributed by atoms with Crippen molar-refractivity contribution in [1.82, 2.24) is 0 Å². The second-order valence-corrected chi connectivity index (χ2v) is 6.10. The lowest BCUT2D eigenvalue weighted by atomic mass is 10.1. The summed E-state index contributed by atoms with van der Waals surface area (Å²) in [6.07, 6.45) is 0. The summed E-state index contributed by atoms with van der Waals surface area (Å²) >= 11 is 0. The molecule has 0 radical (unpaired) electrons. The van der Waals surface area contributed by atoms with Crippen LogP contribution in [-0.2, 0) is 10.4 Å². The largest absolute Gasteiger partial charge is 0.497 e. The molecule has 2 aromatic rings. The number of aromatic carboxylic acids is 1. The average Bonchev–Trinajstić information content (AvgIpc) is 2.64. The van der Waals surface area contributed by atoms with E-state index >= 15 is 0 Å². The molecule has 10 nitrogen and oxygen atoms in total. The third-order valence-corrected chi connectivity index (χ3v) is 3.28. The Labute approximate surface area is 162 Å². The number of nitrogens with zero attached hydrogens (tertiary/aromatic N) is 1. The Bertz CT molecular complexity index is 932. The quantitative estimate of drug-likeness (QED) is 0.318. The number of hydrazone groups is 1. The fourth-order valence-corrected chi connectivity index (χ4v) is 1.99. The highest BCUT2D eigenvalue weighted by Gasteiger charge is 2.08. The number of methoxy groups -OCH3 is 2. The zero-order chi connectivity index (χ0) is 21.3. The predicted octanol–water partition coefficient (Wildman–Crippen LogP) is 2.59. The van der Waals surface area contributed by atoms with E-state index in [0.29, 0.717) is 17.2 Å². The van der Waals surface area contributed by atoms with Crippen molar-refractivity contribution in [2.24, 2.45) is 5.10 Å². The minimum Gasteiger partial charge on any atom is -0.497 e. The van der Waals surface area contributed by atoms with Gasteiger partial charge in [-0.05, 0) is 43.3 Å². The monoisotopic (exact) mass is 412 g/mol.